The number of allylic oxidation sites excluding steroid dienone is 2. The lowest BCUT2D eigenvalue weighted by Crippen LogP contribution is -1.83. The van der Waals surface area contributed by atoms with Crippen molar-refractivity contribution in [2.24, 2.45) is 0 Å². The quantitative estimate of drug-likeness (QED) is 0.676. The van der Waals surface area contributed by atoms with Crippen LogP contribution in [0.5, 0.6) is 0 Å². The minimum Gasteiger partial charge on any atom is -0.468 e. The second-order valence-corrected chi connectivity index (χ2v) is 3.92. The molecule has 1 aromatic heterocycles. The first-order valence-electron chi connectivity index (χ1n) is 5.58. The highest BCUT2D eigenvalue weighted by Gasteiger charge is 2.08. The van der Waals surface area contributed by atoms with Gasteiger partial charge in [-0.25, -0.2) is 0 Å². The van der Waals surface area contributed by atoms with E-state index in [0.717, 1.165) is 11.3 Å². The van der Waals surface area contributed by atoms with E-state index in [0.29, 0.717) is 5.92 Å². The summed E-state index contributed by atoms with van der Waals surface area (Å²) in [7, 11) is 0. The summed E-state index contributed by atoms with van der Waals surface area (Å²) in [5, 5.41) is 0. The number of hydrogen-bond acceptors (Lipinski definition) is 1. The van der Waals surface area contributed by atoms with E-state index in [1.807, 2.05) is 31.4 Å². The predicted molar refractivity (Wildman–Crippen MR) is 67.4 cm³/mol. The van der Waals surface area contributed by atoms with Crippen molar-refractivity contribution in [3.05, 3.63) is 60.6 Å². The van der Waals surface area contributed by atoms with Crippen LogP contribution >= 0.6 is 0 Å². The lowest BCUT2D eigenvalue weighted by molar-refractivity contribution is 0.500. The molecule has 1 nitrogen and oxygen atoms in total. The summed E-state index contributed by atoms with van der Waals surface area (Å²) in [4.78, 5) is 0. The molecule has 16 heavy (non-hydrogen) atoms. The third-order valence-electron chi connectivity index (χ3n) is 2.66. The first-order chi connectivity index (χ1) is 7.81. The van der Waals surface area contributed by atoms with Crippen LogP contribution in [0.15, 0.2) is 59.2 Å². The standard InChI is InChI=1S/C15H16O/c1-3-7-12(2)15-10-14(11-16-15)13-8-5-4-6-9-13/h3-12H,1-2H3/b7-3+/t12-/m1/s1. The normalized spacial score (nSPS) is 13.1. The average molecular weight is 212 g/mol. The molecule has 2 aromatic rings. The molecule has 1 atom stereocenters. The fraction of sp³-hybridized carbons (Fsp3) is 0.200. The molecular weight excluding hydrogens is 196 g/mol. The molecule has 0 aliphatic rings. The van der Waals surface area contributed by atoms with Crippen LogP contribution in [-0.4, -0.2) is 0 Å². The Morgan fingerprint density at radius 2 is 1.88 bits per heavy atom. The van der Waals surface area contributed by atoms with Crippen molar-refractivity contribution >= 4 is 0 Å². The maximum absolute atomic E-state index is 5.58. The zero-order valence-corrected chi connectivity index (χ0v) is 9.68. The highest BCUT2D eigenvalue weighted by Crippen LogP contribution is 2.26. The number of hydrogen-bond donors (Lipinski definition) is 0. The van der Waals surface area contributed by atoms with E-state index in [2.05, 4.69) is 37.3 Å². The fourth-order valence-corrected chi connectivity index (χ4v) is 1.76. The molecule has 0 aliphatic heterocycles. The molecule has 0 aliphatic carbocycles. The van der Waals surface area contributed by atoms with Gasteiger partial charge < -0.3 is 4.42 Å². The molecule has 82 valence electrons. The molecule has 1 aromatic carbocycles. The number of benzene rings is 1. The van der Waals surface area contributed by atoms with Crippen molar-refractivity contribution in [1.29, 1.82) is 0 Å². The first kappa shape index (κ1) is 10.7. The van der Waals surface area contributed by atoms with Crippen LogP contribution in [-0.2, 0) is 0 Å². The molecule has 0 spiro atoms. The summed E-state index contributed by atoms with van der Waals surface area (Å²) < 4.78 is 5.58. The molecule has 0 fully saturated rings. The number of furan rings is 1. The van der Waals surface area contributed by atoms with Crippen molar-refractivity contribution in [2.45, 2.75) is 19.8 Å². The Hall–Kier alpha value is -1.76. The minimum atomic E-state index is 0.336. The molecule has 1 heteroatoms. The van der Waals surface area contributed by atoms with Crippen LogP contribution in [0.2, 0.25) is 0 Å². The lowest BCUT2D eigenvalue weighted by Gasteiger charge is -1.99. The first-order valence-corrected chi connectivity index (χ1v) is 5.58. The van der Waals surface area contributed by atoms with E-state index in [4.69, 9.17) is 4.42 Å². The van der Waals surface area contributed by atoms with Crippen LogP contribution in [0.1, 0.15) is 25.5 Å². The summed E-state index contributed by atoms with van der Waals surface area (Å²) in [6.45, 7) is 4.16. The molecule has 0 bridgehead atoms. The molecule has 0 radical (unpaired) electrons. The van der Waals surface area contributed by atoms with E-state index in [9.17, 15) is 0 Å². The van der Waals surface area contributed by atoms with Crippen molar-refractivity contribution < 1.29 is 4.42 Å². The Balaban J connectivity index is 2.26. The van der Waals surface area contributed by atoms with Gasteiger partial charge in [0.05, 0.1) is 6.26 Å². The van der Waals surface area contributed by atoms with Gasteiger partial charge in [0.1, 0.15) is 5.76 Å². The largest absolute Gasteiger partial charge is 0.468 e. The van der Waals surface area contributed by atoms with Gasteiger partial charge in [0.15, 0.2) is 0 Å². The average Bonchev–Trinajstić information content (AvgIpc) is 2.80. The Kier molecular flexibility index (Phi) is 3.25. The summed E-state index contributed by atoms with van der Waals surface area (Å²) in [6.07, 6.45) is 6.01. The van der Waals surface area contributed by atoms with Crippen molar-refractivity contribution in [2.75, 3.05) is 0 Å². The van der Waals surface area contributed by atoms with Crippen LogP contribution in [0.3, 0.4) is 0 Å². The molecule has 0 saturated heterocycles. The monoisotopic (exact) mass is 212 g/mol. The van der Waals surface area contributed by atoms with Crippen molar-refractivity contribution in [3.63, 3.8) is 0 Å². The summed E-state index contributed by atoms with van der Waals surface area (Å²) in [6, 6.07) is 12.4. The van der Waals surface area contributed by atoms with Gasteiger partial charge in [0.25, 0.3) is 0 Å². The Morgan fingerprint density at radius 1 is 1.12 bits per heavy atom. The third-order valence-corrected chi connectivity index (χ3v) is 2.66. The number of rotatable bonds is 3. The van der Waals surface area contributed by atoms with Gasteiger partial charge >= 0.3 is 0 Å². The van der Waals surface area contributed by atoms with Crippen molar-refractivity contribution in [3.8, 4) is 11.1 Å². The molecule has 0 unspecified atom stereocenters. The van der Waals surface area contributed by atoms with E-state index >= 15 is 0 Å². The molecular formula is C15H16O. The maximum atomic E-state index is 5.58. The summed E-state index contributed by atoms with van der Waals surface area (Å²) in [5.41, 5.74) is 2.34. The smallest absolute Gasteiger partial charge is 0.110 e. The van der Waals surface area contributed by atoms with Crippen LogP contribution in [0.25, 0.3) is 11.1 Å². The van der Waals surface area contributed by atoms with Gasteiger partial charge in [-0.3, -0.25) is 0 Å². The zero-order chi connectivity index (χ0) is 11.4. The highest BCUT2D eigenvalue weighted by molar-refractivity contribution is 5.62. The molecule has 1 heterocycles. The summed E-state index contributed by atoms with van der Waals surface area (Å²) >= 11 is 0. The van der Waals surface area contributed by atoms with Gasteiger partial charge in [-0.1, -0.05) is 49.4 Å². The maximum Gasteiger partial charge on any atom is 0.110 e. The topological polar surface area (TPSA) is 13.1 Å². The zero-order valence-electron chi connectivity index (χ0n) is 9.68. The molecule has 2 rings (SSSR count). The molecule has 0 N–H and O–H groups in total. The second-order valence-electron chi connectivity index (χ2n) is 3.92. The summed E-state index contributed by atoms with van der Waals surface area (Å²) in [5.74, 6) is 1.35. The predicted octanol–water partition coefficient (Wildman–Crippen LogP) is 4.63. The van der Waals surface area contributed by atoms with E-state index in [1.54, 1.807) is 0 Å². The van der Waals surface area contributed by atoms with Gasteiger partial charge in [-0.15, -0.1) is 0 Å². The second kappa shape index (κ2) is 4.84. The minimum absolute atomic E-state index is 0.336. The van der Waals surface area contributed by atoms with Gasteiger partial charge in [0.2, 0.25) is 0 Å². The van der Waals surface area contributed by atoms with Crippen LogP contribution in [0, 0.1) is 0 Å². The lowest BCUT2D eigenvalue weighted by atomic mass is 10.1. The highest BCUT2D eigenvalue weighted by atomic mass is 16.3. The fourth-order valence-electron chi connectivity index (χ4n) is 1.76. The Morgan fingerprint density at radius 3 is 2.56 bits per heavy atom. The van der Waals surface area contributed by atoms with Crippen molar-refractivity contribution in [1.82, 2.24) is 0 Å². The van der Waals surface area contributed by atoms with E-state index < -0.39 is 0 Å². The van der Waals surface area contributed by atoms with E-state index in [-0.39, 0.29) is 0 Å². The van der Waals surface area contributed by atoms with Gasteiger partial charge in [0, 0.05) is 11.5 Å². The van der Waals surface area contributed by atoms with Crippen LogP contribution < -0.4 is 0 Å². The SMILES string of the molecule is C/C=C/[C@@H](C)c1cc(-c2ccccc2)co1. The van der Waals surface area contributed by atoms with Gasteiger partial charge in [-0.2, -0.15) is 0 Å². The third kappa shape index (κ3) is 2.25. The Bertz CT molecular complexity index is 465. The van der Waals surface area contributed by atoms with E-state index in [1.165, 1.54) is 5.56 Å². The van der Waals surface area contributed by atoms with Crippen LogP contribution in [0.4, 0.5) is 0 Å². The molecule has 0 saturated carbocycles. The molecule has 0 amide bonds. The Labute approximate surface area is 96.4 Å². The van der Waals surface area contributed by atoms with Gasteiger partial charge in [-0.05, 0) is 18.6 Å².